The molecule has 1 saturated carbocycles. The summed E-state index contributed by atoms with van der Waals surface area (Å²) in [6, 6.07) is 0.700. The van der Waals surface area contributed by atoms with E-state index in [1.54, 1.807) is 0 Å². The van der Waals surface area contributed by atoms with Crippen LogP contribution in [-0.4, -0.2) is 14.8 Å². The molecule has 0 saturated heterocycles. The van der Waals surface area contributed by atoms with E-state index in [4.69, 9.17) is 5.73 Å². The Kier molecular flexibility index (Phi) is 2.82. The van der Waals surface area contributed by atoms with Crippen LogP contribution in [0.25, 0.3) is 0 Å². The second kappa shape index (κ2) is 4.09. The van der Waals surface area contributed by atoms with Gasteiger partial charge in [0.05, 0.1) is 6.04 Å². The van der Waals surface area contributed by atoms with Gasteiger partial charge in [0.1, 0.15) is 12.2 Å². The van der Waals surface area contributed by atoms with Crippen LogP contribution in [-0.2, 0) is 0 Å². The maximum atomic E-state index is 6.07. The van der Waals surface area contributed by atoms with Crippen molar-refractivity contribution in [1.82, 2.24) is 14.8 Å². The minimum absolute atomic E-state index is 0.0676. The molecule has 0 aromatic carbocycles. The summed E-state index contributed by atoms with van der Waals surface area (Å²) in [4.78, 5) is 0. The fourth-order valence-corrected chi connectivity index (χ4v) is 1.70. The van der Waals surface area contributed by atoms with Crippen molar-refractivity contribution < 1.29 is 0 Å². The molecule has 1 fully saturated rings. The van der Waals surface area contributed by atoms with Crippen LogP contribution in [0.2, 0.25) is 0 Å². The molecule has 1 aliphatic rings. The third kappa shape index (κ3) is 1.95. The van der Waals surface area contributed by atoms with Crippen LogP contribution in [0.5, 0.6) is 0 Å². The van der Waals surface area contributed by atoms with E-state index in [0.29, 0.717) is 6.04 Å². The van der Waals surface area contributed by atoms with Crippen LogP contribution >= 0.6 is 0 Å². The Hall–Kier alpha value is -0.900. The van der Waals surface area contributed by atoms with E-state index in [2.05, 4.69) is 21.7 Å². The van der Waals surface area contributed by atoms with Crippen molar-refractivity contribution in [2.24, 2.45) is 5.73 Å². The predicted octanol–water partition coefficient (Wildman–Crippen LogP) is 1.80. The number of hydrogen-bond donors (Lipinski definition) is 1. The lowest BCUT2D eigenvalue weighted by molar-refractivity contribution is 0.537. The molecule has 1 aromatic rings. The van der Waals surface area contributed by atoms with Gasteiger partial charge in [-0.15, -0.1) is 10.2 Å². The molecule has 0 unspecified atom stereocenters. The van der Waals surface area contributed by atoms with Crippen LogP contribution in [0.1, 0.15) is 56.9 Å². The molecular weight excluding hydrogens is 176 g/mol. The Bertz CT molecular complexity index is 290. The van der Waals surface area contributed by atoms with Crippen LogP contribution < -0.4 is 5.73 Å². The van der Waals surface area contributed by atoms with E-state index in [1.165, 1.54) is 25.7 Å². The molecule has 0 aliphatic heterocycles. The highest BCUT2D eigenvalue weighted by atomic mass is 15.3. The number of unbranched alkanes of at least 4 members (excludes halogenated alkanes) is 1. The van der Waals surface area contributed by atoms with E-state index in [9.17, 15) is 0 Å². The van der Waals surface area contributed by atoms with Gasteiger partial charge in [-0.25, -0.2) is 0 Å². The van der Waals surface area contributed by atoms with Crippen molar-refractivity contribution in [2.45, 2.75) is 51.1 Å². The van der Waals surface area contributed by atoms with E-state index in [0.717, 1.165) is 12.2 Å². The summed E-state index contributed by atoms with van der Waals surface area (Å²) in [5, 5.41) is 8.06. The first kappa shape index (κ1) is 9.65. The lowest BCUT2D eigenvalue weighted by Crippen LogP contribution is -2.16. The molecule has 14 heavy (non-hydrogen) atoms. The zero-order valence-electron chi connectivity index (χ0n) is 8.69. The Labute approximate surface area is 84.5 Å². The van der Waals surface area contributed by atoms with E-state index in [1.807, 2.05) is 6.33 Å². The van der Waals surface area contributed by atoms with Crippen molar-refractivity contribution in [3.8, 4) is 0 Å². The normalized spacial score (nSPS) is 18.4. The van der Waals surface area contributed by atoms with Crippen molar-refractivity contribution in [3.63, 3.8) is 0 Å². The van der Waals surface area contributed by atoms with Gasteiger partial charge < -0.3 is 10.3 Å². The number of nitrogens with two attached hydrogens (primary N) is 1. The summed E-state index contributed by atoms with van der Waals surface area (Å²) in [6.45, 7) is 2.18. The first-order chi connectivity index (χ1) is 6.83. The second-order valence-corrected chi connectivity index (χ2v) is 4.08. The molecule has 0 bridgehead atoms. The smallest absolute Gasteiger partial charge is 0.150 e. The average Bonchev–Trinajstić information content (AvgIpc) is 2.93. The molecule has 0 amide bonds. The van der Waals surface area contributed by atoms with E-state index < -0.39 is 0 Å². The number of rotatable bonds is 5. The molecule has 2 rings (SSSR count). The third-order valence-corrected chi connectivity index (χ3v) is 2.74. The summed E-state index contributed by atoms with van der Waals surface area (Å²) < 4.78 is 2.15. The molecule has 78 valence electrons. The average molecular weight is 194 g/mol. The molecule has 4 heteroatoms. The molecule has 0 spiro atoms. The van der Waals surface area contributed by atoms with Crippen molar-refractivity contribution >= 4 is 0 Å². The molecule has 1 aromatic heterocycles. The maximum Gasteiger partial charge on any atom is 0.150 e. The van der Waals surface area contributed by atoms with E-state index in [-0.39, 0.29) is 6.04 Å². The first-order valence-corrected chi connectivity index (χ1v) is 5.48. The van der Waals surface area contributed by atoms with Crippen molar-refractivity contribution in [3.05, 3.63) is 12.2 Å². The molecule has 0 radical (unpaired) electrons. The monoisotopic (exact) mass is 194 g/mol. The molecule has 1 aliphatic carbocycles. The maximum absolute atomic E-state index is 6.07. The Morgan fingerprint density at radius 3 is 3.07 bits per heavy atom. The highest BCUT2D eigenvalue weighted by Gasteiger charge is 2.27. The third-order valence-electron chi connectivity index (χ3n) is 2.74. The van der Waals surface area contributed by atoms with Crippen molar-refractivity contribution in [2.75, 3.05) is 0 Å². The van der Waals surface area contributed by atoms with Gasteiger partial charge in [-0.05, 0) is 19.3 Å². The van der Waals surface area contributed by atoms with Gasteiger partial charge in [0.15, 0.2) is 0 Å². The second-order valence-electron chi connectivity index (χ2n) is 4.08. The number of nitrogens with zero attached hydrogens (tertiary/aromatic N) is 3. The summed E-state index contributed by atoms with van der Waals surface area (Å²) in [5.41, 5.74) is 6.07. The zero-order valence-corrected chi connectivity index (χ0v) is 8.69. The molecule has 1 heterocycles. The minimum atomic E-state index is 0.0676. The van der Waals surface area contributed by atoms with Gasteiger partial charge in [0.25, 0.3) is 0 Å². The fraction of sp³-hybridized carbons (Fsp3) is 0.800. The van der Waals surface area contributed by atoms with Gasteiger partial charge in [-0.1, -0.05) is 19.8 Å². The van der Waals surface area contributed by atoms with Gasteiger partial charge in [-0.3, -0.25) is 0 Å². The zero-order chi connectivity index (χ0) is 9.97. The summed E-state index contributed by atoms with van der Waals surface area (Å²) in [5.74, 6) is 0.973. The summed E-state index contributed by atoms with van der Waals surface area (Å²) in [7, 11) is 0. The number of hydrogen-bond acceptors (Lipinski definition) is 3. The number of aromatic nitrogens is 3. The van der Waals surface area contributed by atoms with Gasteiger partial charge in [0.2, 0.25) is 0 Å². The van der Waals surface area contributed by atoms with Gasteiger partial charge >= 0.3 is 0 Å². The lowest BCUT2D eigenvalue weighted by Gasteiger charge is -2.11. The van der Waals surface area contributed by atoms with Gasteiger partial charge in [-0.2, -0.15) is 0 Å². The van der Waals surface area contributed by atoms with Gasteiger partial charge in [0, 0.05) is 6.04 Å². The van der Waals surface area contributed by atoms with Crippen LogP contribution in [0, 0.1) is 0 Å². The summed E-state index contributed by atoms with van der Waals surface area (Å²) >= 11 is 0. The first-order valence-electron chi connectivity index (χ1n) is 5.48. The van der Waals surface area contributed by atoms with Crippen molar-refractivity contribution in [1.29, 1.82) is 0 Å². The largest absolute Gasteiger partial charge is 0.321 e. The minimum Gasteiger partial charge on any atom is -0.321 e. The highest BCUT2D eigenvalue weighted by molar-refractivity contribution is 4.99. The predicted molar refractivity (Wildman–Crippen MR) is 54.7 cm³/mol. The standard InChI is InChI=1S/C10H18N4/c1-2-3-4-9(11)10-13-12-7-14(10)8-5-6-8/h7-9H,2-6,11H2,1H3/t9-/m0/s1. The molecular formula is C10H18N4. The lowest BCUT2D eigenvalue weighted by atomic mass is 10.1. The van der Waals surface area contributed by atoms with Crippen LogP contribution in [0.15, 0.2) is 6.33 Å². The Morgan fingerprint density at radius 1 is 1.64 bits per heavy atom. The molecule has 4 nitrogen and oxygen atoms in total. The Balaban J connectivity index is 2.02. The summed E-state index contributed by atoms with van der Waals surface area (Å²) in [6.07, 6.45) is 7.70. The molecule has 1 atom stereocenters. The highest BCUT2D eigenvalue weighted by Crippen LogP contribution is 2.36. The van der Waals surface area contributed by atoms with E-state index >= 15 is 0 Å². The molecule has 2 N–H and O–H groups in total. The Morgan fingerprint density at radius 2 is 2.43 bits per heavy atom. The fourth-order valence-electron chi connectivity index (χ4n) is 1.70. The topological polar surface area (TPSA) is 56.7 Å². The SMILES string of the molecule is CCCC[C@H](N)c1nncn1C1CC1. The van der Waals surface area contributed by atoms with Crippen LogP contribution in [0.4, 0.5) is 0 Å². The quantitative estimate of drug-likeness (QED) is 0.777. The van der Waals surface area contributed by atoms with Crippen LogP contribution in [0.3, 0.4) is 0 Å².